The molecule has 0 aromatic heterocycles. The molecule has 0 saturated heterocycles. The van der Waals surface area contributed by atoms with Crippen LogP contribution in [0.2, 0.25) is 0 Å². The zero-order valence-electron chi connectivity index (χ0n) is 14.3. The van der Waals surface area contributed by atoms with Crippen molar-refractivity contribution < 1.29 is 12.7 Å². The molecule has 0 spiro atoms. The third kappa shape index (κ3) is 4.80. The highest BCUT2D eigenvalue weighted by atomic mass is 32.2. The molecule has 1 atom stereocenters. The van der Waals surface area contributed by atoms with E-state index in [4.69, 9.17) is 4.28 Å². The van der Waals surface area contributed by atoms with E-state index in [1.54, 1.807) is 6.92 Å². The average molecular weight is 337 g/mol. The van der Waals surface area contributed by atoms with Gasteiger partial charge in [-0.2, -0.15) is 8.42 Å². The topological polar surface area (TPSA) is 55.7 Å². The van der Waals surface area contributed by atoms with E-state index in [1.807, 2.05) is 12.1 Å². The first-order valence-corrected chi connectivity index (χ1v) is 9.98. The number of benzene rings is 1. The predicted octanol–water partition coefficient (Wildman–Crippen LogP) is 4.60. The van der Waals surface area contributed by atoms with E-state index in [-0.39, 0.29) is 0 Å². The van der Waals surface area contributed by atoms with Gasteiger partial charge < -0.3 is 0 Å². The molecule has 1 aliphatic carbocycles. The molecule has 1 aromatic rings. The van der Waals surface area contributed by atoms with Crippen molar-refractivity contribution >= 4 is 15.8 Å². The second kappa shape index (κ2) is 7.95. The van der Waals surface area contributed by atoms with Crippen LogP contribution < -0.4 is 0 Å². The maximum Gasteiger partial charge on any atom is 0.331 e. The van der Waals surface area contributed by atoms with Crippen molar-refractivity contribution in [3.05, 3.63) is 35.4 Å². The van der Waals surface area contributed by atoms with Gasteiger partial charge in [0.25, 0.3) is 0 Å². The minimum atomic E-state index is -3.60. The predicted molar refractivity (Wildman–Crippen MR) is 94.2 cm³/mol. The molecule has 0 radical (unpaired) electrons. The first kappa shape index (κ1) is 18.0. The van der Waals surface area contributed by atoms with Gasteiger partial charge in [0.15, 0.2) is 0 Å². The van der Waals surface area contributed by atoms with E-state index >= 15 is 0 Å². The van der Waals surface area contributed by atoms with Gasteiger partial charge in [0.05, 0.1) is 11.0 Å². The molecule has 0 heterocycles. The lowest BCUT2D eigenvalue weighted by atomic mass is 9.97. The van der Waals surface area contributed by atoms with Crippen LogP contribution in [0.3, 0.4) is 0 Å². The molecule has 1 unspecified atom stereocenters. The zero-order valence-corrected chi connectivity index (χ0v) is 15.1. The maximum atomic E-state index is 12.2. The fourth-order valence-corrected chi connectivity index (χ4v) is 4.11. The van der Waals surface area contributed by atoms with Gasteiger partial charge in [-0.15, -0.1) is 0 Å². The van der Waals surface area contributed by atoms with E-state index in [0.29, 0.717) is 24.5 Å². The molecule has 0 N–H and O–H groups in total. The second-order valence-electron chi connectivity index (χ2n) is 6.44. The van der Waals surface area contributed by atoms with Gasteiger partial charge in [-0.05, 0) is 43.2 Å². The summed E-state index contributed by atoms with van der Waals surface area (Å²) >= 11 is 0. The molecule has 1 saturated carbocycles. The van der Waals surface area contributed by atoms with Crippen LogP contribution in [0.1, 0.15) is 76.3 Å². The summed E-state index contributed by atoms with van der Waals surface area (Å²) in [4.78, 5) is 0. The molecule has 1 aliphatic rings. The smallest absolute Gasteiger partial charge is 0.268 e. The number of rotatable bonds is 6. The summed E-state index contributed by atoms with van der Waals surface area (Å²) in [6.07, 6.45) is 5.47. The second-order valence-corrected chi connectivity index (χ2v) is 8.24. The van der Waals surface area contributed by atoms with Crippen molar-refractivity contribution in [2.45, 2.75) is 70.5 Å². The summed E-state index contributed by atoms with van der Waals surface area (Å²) < 4.78 is 29.3. The van der Waals surface area contributed by atoms with Gasteiger partial charge in [0.1, 0.15) is 0 Å². The standard InChI is InChI=1S/C18H27NO3S/c1-4-14(2)16-10-12-17(13-11-16)15(3)19-22-23(20,21)18-8-6-5-7-9-18/h10-14,18H,4-9H2,1-3H3/b19-15-. The summed E-state index contributed by atoms with van der Waals surface area (Å²) in [6.45, 7) is 6.12. The molecule has 23 heavy (non-hydrogen) atoms. The van der Waals surface area contributed by atoms with Crippen molar-refractivity contribution in [2.24, 2.45) is 5.16 Å². The summed E-state index contributed by atoms with van der Waals surface area (Å²) in [6, 6.07) is 8.07. The normalized spacial score (nSPS) is 18.7. The van der Waals surface area contributed by atoms with Crippen LogP contribution in [0.15, 0.2) is 29.4 Å². The molecule has 128 valence electrons. The van der Waals surface area contributed by atoms with Crippen LogP contribution in [-0.2, 0) is 14.4 Å². The highest BCUT2D eigenvalue weighted by molar-refractivity contribution is 7.87. The Balaban J connectivity index is 2.04. The lowest BCUT2D eigenvalue weighted by molar-refractivity contribution is 0.320. The van der Waals surface area contributed by atoms with E-state index in [1.165, 1.54) is 5.56 Å². The molecule has 1 aromatic carbocycles. The van der Waals surface area contributed by atoms with Gasteiger partial charge in [-0.1, -0.05) is 62.5 Å². The van der Waals surface area contributed by atoms with Crippen LogP contribution in [0.4, 0.5) is 0 Å². The first-order chi connectivity index (χ1) is 10.9. The van der Waals surface area contributed by atoms with Gasteiger partial charge in [-0.25, -0.2) is 0 Å². The zero-order chi connectivity index (χ0) is 16.9. The van der Waals surface area contributed by atoms with Gasteiger partial charge in [0.2, 0.25) is 0 Å². The number of oxime groups is 1. The average Bonchev–Trinajstić information content (AvgIpc) is 2.60. The summed E-state index contributed by atoms with van der Waals surface area (Å²) in [5, 5.41) is 3.46. The molecule has 4 nitrogen and oxygen atoms in total. The molecule has 5 heteroatoms. The Kier molecular flexibility index (Phi) is 6.22. The van der Waals surface area contributed by atoms with E-state index in [2.05, 4.69) is 31.1 Å². The molecular weight excluding hydrogens is 310 g/mol. The molecule has 2 rings (SSSR count). The van der Waals surface area contributed by atoms with Crippen LogP contribution in [0.5, 0.6) is 0 Å². The number of hydrogen-bond acceptors (Lipinski definition) is 4. The number of nitrogens with zero attached hydrogens (tertiary/aromatic N) is 1. The Labute approximate surface area is 140 Å². The van der Waals surface area contributed by atoms with Crippen molar-refractivity contribution in [2.75, 3.05) is 0 Å². The van der Waals surface area contributed by atoms with Gasteiger partial charge in [-0.3, -0.25) is 4.28 Å². The van der Waals surface area contributed by atoms with Crippen molar-refractivity contribution in [3.63, 3.8) is 0 Å². The first-order valence-electron chi connectivity index (χ1n) is 8.51. The van der Waals surface area contributed by atoms with Crippen LogP contribution in [0, 0.1) is 0 Å². The fourth-order valence-electron chi connectivity index (χ4n) is 2.86. The van der Waals surface area contributed by atoms with Crippen molar-refractivity contribution in [1.29, 1.82) is 0 Å². The Hall–Kier alpha value is -1.36. The van der Waals surface area contributed by atoms with E-state index in [0.717, 1.165) is 31.2 Å². The Morgan fingerprint density at radius 3 is 2.39 bits per heavy atom. The fraction of sp³-hybridized carbons (Fsp3) is 0.611. The molecule has 0 bridgehead atoms. The largest absolute Gasteiger partial charge is 0.331 e. The van der Waals surface area contributed by atoms with Crippen LogP contribution in [-0.4, -0.2) is 19.4 Å². The SMILES string of the molecule is CCC(C)c1ccc(/C(C)=N\OS(=O)(=O)C2CCCCC2)cc1. The summed E-state index contributed by atoms with van der Waals surface area (Å²) in [5.74, 6) is 0.518. The Morgan fingerprint density at radius 1 is 1.22 bits per heavy atom. The highest BCUT2D eigenvalue weighted by Crippen LogP contribution is 2.25. The van der Waals surface area contributed by atoms with E-state index < -0.39 is 15.4 Å². The van der Waals surface area contributed by atoms with Crippen molar-refractivity contribution in [3.8, 4) is 0 Å². The maximum absolute atomic E-state index is 12.2. The molecule has 0 amide bonds. The van der Waals surface area contributed by atoms with Crippen LogP contribution in [0.25, 0.3) is 0 Å². The third-order valence-electron chi connectivity index (χ3n) is 4.75. The lowest BCUT2D eigenvalue weighted by Gasteiger charge is -2.19. The van der Waals surface area contributed by atoms with Crippen LogP contribution >= 0.6 is 0 Å². The molecule has 1 fully saturated rings. The molecular formula is C18H27NO3S. The highest BCUT2D eigenvalue weighted by Gasteiger charge is 2.29. The summed E-state index contributed by atoms with van der Waals surface area (Å²) in [5.41, 5.74) is 2.75. The monoisotopic (exact) mass is 337 g/mol. The Morgan fingerprint density at radius 2 is 1.83 bits per heavy atom. The third-order valence-corrected chi connectivity index (χ3v) is 6.32. The lowest BCUT2D eigenvalue weighted by Crippen LogP contribution is -2.24. The van der Waals surface area contributed by atoms with Gasteiger partial charge in [0, 0.05) is 0 Å². The quantitative estimate of drug-likeness (QED) is 0.563. The minimum Gasteiger partial charge on any atom is -0.268 e. The summed E-state index contributed by atoms with van der Waals surface area (Å²) in [7, 11) is -3.60. The van der Waals surface area contributed by atoms with Gasteiger partial charge >= 0.3 is 10.1 Å². The Bertz CT molecular complexity index is 629. The number of hydrogen-bond donors (Lipinski definition) is 0. The van der Waals surface area contributed by atoms with E-state index in [9.17, 15) is 8.42 Å². The molecule has 0 aliphatic heterocycles. The van der Waals surface area contributed by atoms with Crippen molar-refractivity contribution in [1.82, 2.24) is 0 Å². The minimum absolute atomic E-state index is 0.402.